The molecule has 2 aromatic carbocycles. The Kier molecular flexibility index (Phi) is 6.31. The number of carbonyl (C=O) groups is 2. The lowest BCUT2D eigenvalue weighted by molar-refractivity contribution is -0.130. The second-order valence-electron chi connectivity index (χ2n) is 9.74. The van der Waals surface area contributed by atoms with E-state index in [-0.39, 0.29) is 34.6 Å². The summed E-state index contributed by atoms with van der Waals surface area (Å²) < 4.78 is 16.3. The summed E-state index contributed by atoms with van der Waals surface area (Å²) >= 11 is 0. The number of rotatable bonds is 4. The number of halogens is 1. The Balaban J connectivity index is 1.46. The fourth-order valence-corrected chi connectivity index (χ4v) is 5.21. The SMILES string of the molecule is Cc1ccc(C(=O)N/C(=C\c2ccccc2F)C(=O)N2C[C@H]3C[C@@H](C2)c2cccc(=O)n2C3)cc1C. The van der Waals surface area contributed by atoms with E-state index in [1.807, 2.05) is 26.0 Å². The molecule has 5 rings (SSSR count). The van der Waals surface area contributed by atoms with Gasteiger partial charge in [-0.15, -0.1) is 0 Å². The monoisotopic (exact) mass is 485 g/mol. The summed E-state index contributed by atoms with van der Waals surface area (Å²) in [6, 6.07) is 16.7. The first-order valence-corrected chi connectivity index (χ1v) is 12.1. The highest BCUT2D eigenvalue weighted by atomic mass is 19.1. The molecule has 2 atom stereocenters. The van der Waals surface area contributed by atoms with E-state index in [2.05, 4.69) is 5.32 Å². The molecule has 0 unspecified atom stereocenters. The number of fused-ring (bicyclic) bond motifs is 4. The molecule has 36 heavy (non-hydrogen) atoms. The van der Waals surface area contributed by atoms with Crippen molar-refractivity contribution in [1.82, 2.24) is 14.8 Å². The molecule has 3 aromatic rings. The van der Waals surface area contributed by atoms with Crippen molar-refractivity contribution in [2.24, 2.45) is 5.92 Å². The second kappa shape index (κ2) is 9.57. The lowest BCUT2D eigenvalue weighted by Crippen LogP contribution is -2.50. The minimum absolute atomic E-state index is 0.0220. The van der Waals surface area contributed by atoms with Gasteiger partial charge in [0.25, 0.3) is 17.4 Å². The topological polar surface area (TPSA) is 71.4 Å². The van der Waals surface area contributed by atoms with Crippen molar-refractivity contribution in [2.75, 3.05) is 13.1 Å². The van der Waals surface area contributed by atoms with Crippen LogP contribution in [0.3, 0.4) is 0 Å². The lowest BCUT2D eigenvalue weighted by atomic mass is 9.83. The Hall–Kier alpha value is -4.00. The van der Waals surface area contributed by atoms with Gasteiger partial charge in [0.05, 0.1) is 0 Å². The Labute approximate surface area is 209 Å². The zero-order chi connectivity index (χ0) is 25.4. The first-order chi connectivity index (χ1) is 17.3. The van der Waals surface area contributed by atoms with E-state index in [0.717, 1.165) is 23.2 Å². The largest absolute Gasteiger partial charge is 0.336 e. The van der Waals surface area contributed by atoms with Crippen LogP contribution < -0.4 is 10.9 Å². The number of aromatic nitrogens is 1. The van der Waals surface area contributed by atoms with Crippen LogP contribution in [-0.4, -0.2) is 34.4 Å². The summed E-state index contributed by atoms with van der Waals surface area (Å²) in [5.74, 6) is -1.11. The maximum absolute atomic E-state index is 14.5. The maximum Gasteiger partial charge on any atom is 0.270 e. The van der Waals surface area contributed by atoms with Crippen LogP contribution in [0.1, 0.15) is 45.1 Å². The van der Waals surface area contributed by atoms with Crippen LogP contribution in [0.2, 0.25) is 0 Å². The van der Waals surface area contributed by atoms with E-state index in [1.54, 1.807) is 51.9 Å². The molecule has 2 aliphatic rings. The van der Waals surface area contributed by atoms with Crippen molar-refractivity contribution >= 4 is 17.9 Å². The summed E-state index contributed by atoms with van der Waals surface area (Å²) in [5.41, 5.74) is 3.59. The molecule has 7 heteroatoms. The highest BCUT2D eigenvalue weighted by molar-refractivity contribution is 6.05. The number of likely N-dealkylation sites (tertiary alicyclic amines) is 1. The molecular weight excluding hydrogens is 457 g/mol. The van der Waals surface area contributed by atoms with Gasteiger partial charge in [0.2, 0.25) is 0 Å². The third kappa shape index (κ3) is 4.61. The van der Waals surface area contributed by atoms with Crippen LogP contribution >= 0.6 is 0 Å². The summed E-state index contributed by atoms with van der Waals surface area (Å²) in [6.07, 6.45) is 2.30. The predicted octanol–water partition coefficient (Wildman–Crippen LogP) is 4.02. The zero-order valence-corrected chi connectivity index (χ0v) is 20.3. The average molecular weight is 486 g/mol. The Morgan fingerprint density at radius 1 is 0.972 bits per heavy atom. The van der Waals surface area contributed by atoms with Gasteiger partial charge in [-0.25, -0.2) is 4.39 Å². The van der Waals surface area contributed by atoms with Gasteiger partial charge in [0.15, 0.2) is 0 Å². The number of benzene rings is 2. The minimum Gasteiger partial charge on any atom is -0.336 e. The highest BCUT2D eigenvalue weighted by Crippen LogP contribution is 2.35. The van der Waals surface area contributed by atoms with Gasteiger partial charge in [0.1, 0.15) is 11.5 Å². The summed E-state index contributed by atoms with van der Waals surface area (Å²) in [4.78, 5) is 40.9. The fourth-order valence-electron chi connectivity index (χ4n) is 5.21. The van der Waals surface area contributed by atoms with Crippen molar-refractivity contribution in [1.29, 1.82) is 0 Å². The van der Waals surface area contributed by atoms with Crippen LogP contribution in [0, 0.1) is 25.6 Å². The van der Waals surface area contributed by atoms with Crippen molar-refractivity contribution in [2.45, 2.75) is 32.7 Å². The molecule has 1 fully saturated rings. The van der Waals surface area contributed by atoms with Gasteiger partial charge >= 0.3 is 0 Å². The van der Waals surface area contributed by atoms with Crippen molar-refractivity contribution in [3.05, 3.63) is 110 Å². The van der Waals surface area contributed by atoms with Crippen LogP contribution in [0.15, 0.2) is 71.2 Å². The van der Waals surface area contributed by atoms with Crippen LogP contribution in [-0.2, 0) is 11.3 Å². The number of hydrogen-bond acceptors (Lipinski definition) is 3. The fraction of sp³-hybridized carbons (Fsp3) is 0.276. The first kappa shape index (κ1) is 23.7. The Morgan fingerprint density at radius 3 is 2.56 bits per heavy atom. The number of nitrogens with one attached hydrogen (secondary N) is 1. The number of carbonyl (C=O) groups excluding carboxylic acids is 2. The number of piperidine rings is 1. The standard InChI is InChI=1S/C29H28FN3O3/c1-18-10-11-22(12-19(18)2)28(35)31-25(14-21-6-3-4-7-24(21)30)29(36)32-15-20-13-23(17-32)26-8-5-9-27(34)33(26)16-20/h3-12,14,20,23H,13,15-17H2,1-2H3,(H,31,35)/b25-14-/t20-,23+/m1/s1. The summed E-state index contributed by atoms with van der Waals surface area (Å²) in [7, 11) is 0. The number of hydrogen-bond donors (Lipinski definition) is 1. The molecule has 0 saturated carbocycles. The Morgan fingerprint density at radius 2 is 1.78 bits per heavy atom. The molecule has 184 valence electrons. The van der Waals surface area contributed by atoms with Crippen LogP contribution in [0.4, 0.5) is 4.39 Å². The normalized spacial score (nSPS) is 19.0. The maximum atomic E-state index is 14.5. The number of aryl methyl sites for hydroxylation is 2. The first-order valence-electron chi connectivity index (χ1n) is 12.1. The van der Waals surface area contributed by atoms with E-state index in [4.69, 9.17) is 0 Å². The predicted molar refractivity (Wildman–Crippen MR) is 136 cm³/mol. The third-order valence-electron chi connectivity index (χ3n) is 7.22. The van der Waals surface area contributed by atoms with Gasteiger partial charge in [0, 0.05) is 48.4 Å². The van der Waals surface area contributed by atoms with Gasteiger partial charge in [-0.3, -0.25) is 14.4 Å². The minimum atomic E-state index is -0.480. The smallest absolute Gasteiger partial charge is 0.270 e. The van der Waals surface area contributed by atoms with Gasteiger partial charge in [-0.1, -0.05) is 30.3 Å². The molecule has 2 amide bonds. The molecule has 6 nitrogen and oxygen atoms in total. The van der Waals surface area contributed by atoms with E-state index in [1.165, 1.54) is 12.1 Å². The molecule has 2 bridgehead atoms. The molecule has 1 aromatic heterocycles. The van der Waals surface area contributed by atoms with Crippen molar-refractivity contribution < 1.29 is 14.0 Å². The van der Waals surface area contributed by atoms with E-state index in [0.29, 0.717) is 25.2 Å². The molecular formula is C29H28FN3O3. The lowest BCUT2D eigenvalue weighted by Gasteiger charge is -2.43. The zero-order valence-electron chi connectivity index (χ0n) is 20.3. The summed E-state index contributed by atoms with van der Waals surface area (Å²) in [6.45, 7) is 5.32. The quantitative estimate of drug-likeness (QED) is 0.568. The molecule has 0 radical (unpaired) electrons. The second-order valence-corrected chi connectivity index (χ2v) is 9.74. The third-order valence-corrected chi connectivity index (χ3v) is 7.22. The average Bonchev–Trinajstić information content (AvgIpc) is 2.86. The number of amides is 2. The molecule has 1 saturated heterocycles. The molecule has 3 heterocycles. The van der Waals surface area contributed by atoms with E-state index >= 15 is 0 Å². The van der Waals surface area contributed by atoms with Crippen molar-refractivity contribution in [3.8, 4) is 0 Å². The van der Waals surface area contributed by atoms with Gasteiger partial charge < -0.3 is 14.8 Å². The Bertz CT molecular complexity index is 1440. The molecule has 2 aliphatic heterocycles. The molecule has 0 spiro atoms. The number of nitrogens with zero attached hydrogens (tertiary/aromatic N) is 2. The highest BCUT2D eigenvalue weighted by Gasteiger charge is 2.37. The van der Waals surface area contributed by atoms with Crippen LogP contribution in [0.5, 0.6) is 0 Å². The summed E-state index contributed by atoms with van der Waals surface area (Å²) in [5, 5.41) is 2.76. The van der Waals surface area contributed by atoms with Gasteiger partial charge in [-0.05, 0) is 67.7 Å². The molecule has 1 N–H and O–H groups in total. The van der Waals surface area contributed by atoms with Crippen LogP contribution in [0.25, 0.3) is 6.08 Å². The molecule has 0 aliphatic carbocycles. The van der Waals surface area contributed by atoms with E-state index in [9.17, 15) is 18.8 Å². The number of pyridine rings is 1. The van der Waals surface area contributed by atoms with E-state index < -0.39 is 11.7 Å². The van der Waals surface area contributed by atoms with Crippen molar-refractivity contribution in [3.63, 3.8) is 0 Å². The van der Waals surface area contributed by atoms with Gasteiger partial charge in [-0.2, -0.15) is 0 Å².